The molecular formula is C11H12ClNO2. The van der Waals surface area contributed by atoms with Crippen LogP contribution in [0.25, 0.3) is 0 Å². The highest BCUT2D eigenvalue weighted by Crippen LogP contribution is 2.27. The van der Waals surface area contributed by atoms with Crippen LogP contribution in [0.2, 0.25) is 0 Å². The Balaban J connectivity index is 2.17. The number of hydrogen-bond donors (Lipinski definition) is 1. The molecular weight excluding hydrogens is 214 g/mol. The van der Waals surface area contributed by atoms with Crippen LogP contribution in [0.15, 0.2) is 18.2 Å². The molecule has 0 fully saturated rings. The van der Waals surface area contributed by atoms with E-state index in [4.69, 9.17) is 16.3 Å². The van der Waals surface area contributed by atoms with Crippen molar-refractivity contribution in [2.45, 2.75) is 12.8 Å². The van der Waals surface area contributed by atoms with Crippen LogP contribution in [-0.4, -0.2) is 18.4 Å². The average molecular weight is 226 g/mol. The van der Waals surface area contributed by atoms with Gasteiger partial charge in [0, 0.05) is 5.69 Å². The Bertz CT molecular complexity index is 379. The van der Waals surface area contributed by atoms with Crippen molar-refractivity contribution in [3.8, 4) is 5.75 Å². The zero-order chi connectivity index (χ0) is 10.7. The first-order valence-corrected chi connectivity index (χ1v) is 5.44. The number of carbonyl (C=O) groups is 1. The van der Waals surface area contributed by atoms with Crippen LogP contribution >= 0.6 is 11.6 Å². The molecule has 0 spiro atoms. The number of carbonyl (C=O) groups excluding carboxylic acids is 1. The van der Waals surface area contributed by atoms with Gasteiger partial charge < -0.3 is 10.1 Å². The smallest absolute Gasteiger partial charge is 0.239 e. The number of rotatable bonds is 2. The van der Waals surface area contributed by atoms with Crippen LogP contribution in [-0.2, 0) is 11.2 Å². The Morgan fingerprint density at radius 3 is 3.20 bits per heavy atom. The highest BCUT2D eigenvalue weighted by Gasteiger charge is 2.11. The maximum atomic E-state index is 11.1. The van der Waals surface area contributed by atoms with Crippen LogP contribution in [0.4, 0.5) is 5.69 Å². The molecule has 1 aromatic carbocycles. The zero-order valence-corrected chi connectivity index (χ0v) is 9.01. The fourth-order valence-corrected chi connectivity index (χ4v) is 1.70. The van der Waals surface area contributed by atoms with Gasteiger partial charge >= 0.3 is 0 Å². The molecule has 0 bridgehead atoms. The van der Waals surface area contributed by atoms with Crippen molar-refractivity contribution in [1.82, 2.24) is 0 Å². The lowest BCUT2D eigenvalue weighted by Gasteiger charge is -2.17. The van der Waals surface area contributed by atoms with Gasteiger partial charge in [-0.25, -0.2) is 0 Å². The molecule has 0 aliphatic carbocycles. The second-order valence-corrected chi connectivity index (χ2v) is 3.72. The number of anilines is 1. The first kappa shape index (κ1) is 10.3. The van der Waals surface area contributed by atoms with E-state index in [9.17, 15) is 4.79 Å². The SMILES string of the molecule is O=C(CCl)Nc1ccc2c(c1)CCCO2. The first-order valence-electron chi connectivity index (χ1n) is 4.91. The van der Waals surface area contributed by atoms with Gasteiger partial charge in [0.25, 0.3) is 0 Å². The molecule has 0 saturated carbocycles. The van der Waals surface area contributed by atoms with Crippen LogP contribution < -0.4 is 10.1 Å². The van der Waals surface area contributed by atoms with E-state index >= 15 is 0 Å². The van der Waals surface area contributed by atoms with E-state index in [2.05, 4.69) is 5.32 Å². The lowest BCUT2D eigenvalue weighted by molar-refractivity contribution is -0.113. The third-order valence-electron chi connectivity index (χ3n) is 2.31. The fourth-order valence-electron chi connectivity index (χ4n) is 1.63. The molecule has 1 aromatic rings. The van der Waals surface area contributed by atoms with Gasteiger partial charge in [-0.3, -0.25) is 4.79 Å². The molecule has 0 saturated heterocycles. The molecule has 1 aliphatic rings. The molecule has 0 atom stereocenters. The van der Waals surface area contributed by atoms with Gasteiger partial charge in [0.2, 0.25) is 5.91 Å². The minimum absolute atomic E-state index is 0.0203. The summed E-state index contributed by atoms with van der Waals surface area (Å²) in [6.07, 6.45) is 2.03. The molecule has 1 aliphatic heterocycles. The van der Waals surface area contributed by atoms with E-state index < -0.39 is 0 Å². The third kappa shape index (κ3) is 2.42. The number of alkyl halides is 1. The second kappa shape index (κ2) is 4.53. The molecule has 0 radical (unpaired) electrons. The summed E-state index contributed by atoms with van der Waals surface area (Å²) in [6, 6.07) is 5.66. The summed E-state index contributed by atoms with van der Waals surface area (Å²) in [5.74, 6) is 0.714. The molecule has 1 heterocycles. The molecule has 1 N–H and O–H groups in total. The average Bonchev–Trinajstić information content (AvgIpc) is 2.29. The lowest BCUT2D eigenvalue weighted by atomic mass is 10.1. The number of fused-ring (bicyclic) bond motifs is 1. The third-order valence-corrected chi connectivity index (χ3v) is 2.56. The van der Waals surface area contributed by atoms with Crippen LogP contribution in [0, 0.1) is 0 Å². The van der Waals surface area contributed by atoms with Crippen LogP contribution in [0.3, 0.4) is 0 Å². The zero-order valence-electron chi connectivity index (χ0n) is 8.25. The van der Waals surface area contributed by atoms with Crippen molar-refractivity contribution in [1.29, 1.82) is 0 Å². The van der Waals surface area contributed by atoms with E-state index in [0.29, 0.717) is 0 Å². The number of nitrogens with one attached hydrogen (secondary N) is 1. The van der Waals surface area contributed by atoms with Crippen molar-refractivity contribution in [3.63, 3.8) is 0 Å². The molecule has 3 nitrogen and oxygen atoms in total. The summed E-state index contributed by atoms with van der Waals surface area (Å²) in [4.78, 5) is 11.1. The molecule has 2 rings (SSSR count). The Hall–Kier alpha value is -1.22. The van der Waals surface area contributed by atoms with Crippen molar-refractivity contribution < 1.29 is 9.53 Å². The van der Waals surface area contributed by atoms with E-state index in [0.717, 1.165) is 36.4 Å². The Morgan fingerprint density at radius 1 is 1.53 bits per heavy atom. The maximum Gasteiger partial charge on any atom is 0.239 e. The summed E-state index contributed by atoms with van der Waals surface area (Å²) in [5, 5.41) is 2.72. The van der Waals surface area contributed by atoms with E-state index in [1.165, 1.54) is 0 Å². The molecule has 0 unspecified atom stereocenters. The van der Waals surface area contributed by atoms with Gasteiger partial charge in [-0.05, 0) is 36.6 Å². The highest BCUT2D eigenvalue weighted by atomic mass is 35.5. The lowest BCUT2D eigenvalue weighted by Crippen LogP contribution is -2.14. The topological polar surface area (TPSA) is 38.3 Å². The van der Waals surface area contributed by atoms with Gasteiger partial charge in [-0.15, -0.1) is 11.6 Å². The van der Waals surface area contributed by atoms with Gasteiger partial charge in [-0.2, -0.15) is 0 Å². The van der Waals surface area contributed by atoms with Crippen molar-refractivity contribution in [3.05, 3.63) is 23.8 Å². The second-order valence-electron chi connectivity index (χ2n) is 3.46. The van der Waals surface area contributed by atoms with Gasteiger partial charge in [-0.1, -0.05) is 0 Å². The van der Waals surface area contributed by atoms with E-state index in [-0.39, 0.29) is 11.8 Å². The van der Waals surface area contributed by atoms with Gasteiger partial charge in [0.15, 0.2) is 0 Å². The minimum atomic E-state index is -0.187. The van der Waals surface area contributed by atoms with Crippen molar-refractivity contribution in [2.24, 2.45) is 0 Å². The summed E-state index contributed by atoms with van der Waals surface area (Å²) < 4.78 is 5.47. The number of aryl methyl sites for hydroxylation is 1. The van der Waals surface area contributed by atoms with Crippen LogP contribution in [0.5, 0.6) is 5.75 Å². The molecule has 4 heteroatoms. The predicted molar refractivity (Wildman–Crippen MR) is 59.6 cm³/mol. The molecule has 80 valence electrons. The Labute approximate surface area is 93.4 Å². The fraction of sp³-hybridized carbons (Fsp3) is 0.364. The van der Waals surface area contributed by atoms with Gasteiger partial charge in [0.05, 0.1) is 6.61 Å². The first-order chi connectivity index (χ1) is 7.29. The van der Waals surface area contributed by atoms with E-state index in [1.807, 2.05) is 18.2 Å². The van der Waals surface area contributed by atoms with Crippen molar-refractivity contribution >= 4 is 23.2 Å². The minimum Gasteiger partial charge on any atom is -0.493 e. The van der Waals surface area contributed by atoms with Crippen molar-refractivity contribution in [2.75, 3.05) is 17.8 Å². The number of halogens is 1. The quantitative estimate of drug-likeness (QED) is 0.784. The number of benzene rings is 1. The highest BCUT2D eigenvalue weighted by molar-refractivity contribution is 6.29. The normalized spacial score (nSPS) is 13.9. The standard InChI is InChI=1S/C11H12ClNO2/c12-7-11(14)13-9-3-4-10-8(6-9)2-1-5-15-10/h3-4,6H,1-2,5,7H2,(H,13,14). The summed E-state index contributed by atoms with van der Waals surface area (Å²) in [6.45, 7) is 0.778. The van der Waals surface area contributed by atoms with Crippen LogP contribution in [0.1, 0.15) is 12.0 Å². The molecule has 0 aromatic heterocycles. The Kier molecular flexibility index (Phi) is 3.11. The maximum absolute atomic E-state index is 11.1. The molecule has 15 heavy (non-hydrogen) atoms. The largest absolute Gasteiger partial charge is 0.493 e. The number of amides is 1. The summed E-state index contributed by atoms with van der Waals surface area (Å²) in [5.41, 5.74) is 1.93. The Morgan fingerprint density at radius 2 is 2.40 bits per heavy atom. The number of ether oxygens (including phenoxy) is 1. The predicted octanol–water partition coefficient (Wildman–Crippen LogP) is 2.19. The monoisotopic (exact) mass is 225 g/mol. The van der Waals surface area contributed by atoms with E-state index in [1.54, 1.807) is 0 Å². The summed E-state index contributed by atoms with van der Waals surface area (Å²) >= 11 is 5.41. The van der Waals surface area contributed by atoms with Gasteiger partial charge in [0.1, 0.15) is 11.6 Å². The summed E-state index contributed by atoms with van der Waals surface area (Å²) in [7, 11) is 0. The number of hydrogen-bond acceptors (Lipinski definition) is 2. The molecule has 1 amide bonds.